The fourth-order valence-corrected chi connectivity index (χ4v) is 2.62. The molecule has 156 valence electrons. The number of amides is 1. The van der Waals surface area contributed by atoms with Crippen LogP contribution in [0.1, 0.15) is 6.92 Å². The first-order chi connectivity index (χ1) is 14.4. The van der Waals surface area contributed by atoms with Crippen molar-refractivity contribution in [2.75, 3.05) is 19.5 Å². The molecule has 1 unspecified atom stereocenters. The lowest BCUT2D eigenvalue weighted by Gasteiger charge is -2.16. The summed E-state index contributed by atoms with van der Waals surface area (Å²) in [4.78, 5) is 24.6. The molecule has 0 aliphatic heterocycles. The van der Waals surface area contributed by atoms with Crippen LogP contribution in [0.15, 0.2) is 59.4 Å². The van der Waals surface area contributed by atoms with Crippen LogP contribution in [-0.4, -0.2) is 36.0 Å². The maximum atomic E-state index is 13.1. The molecule has 2 aromatic carbocycles. The minimum atomic E-state index is -0.912. The quantitative estimate of drug-likeness (QED) is 0.641. The Morgan fingerprint density at radius 3 is 2.40 bits per heavy atom. The molecule has 0 aliphatic rings. The average molecular weight is 413 g/mol. The van der Waals surface area contributed by atoms with E-state index in [1.165, 1.54) is 50.6 Å². The number of aromatic nitrogens is 2. The van der Waals surface area contributed by atoms with E-state index in [0.717, 1.165) is 4.68 Å². The number of ether oxygens (including phenoxy) is 3. The number of carbonyl (C=O) groups excluding carboxylic acids is 1. The maximum absolute atomic E-state index is 13.1. The molecule has 9 heteroatoms. The largest absolute Gasteiger partial charge is 0.493 e. The fourth-order valence-electron chi connectivity index (χ4n) is 2.62. The van der Waals surface area contributed by atoms with Crippen molar-refractivity contribution in [2.45, 2.75) is 13.0 Å². The Morgan fingerprint density at radius 2 is 1.73 bits per heavy atom. The summed E-state index contributed by atoms with van der Waals surface area (Å²) >= 11 is 0. The number of halogens is 1. The summed E-state index contributed by atoms with van der Waals surface area (Å²) in [5, 5.41) is 6.81. The molecule has 0 bridgehead atoms. The predicted molar refractivity (Wildman–Crippen MR) is 108 cm³/mol. The Hall–Kier alpha value is -3.88. The Labute approximate surface area is 171 Å². The lowest BCUT2D eigenvalue weighted by atomic mass is 10.2. The number of methoxy groups -OCH3 is 2. The zero-order valence-electron chi connectivity index (χ0n) is 16.6. The molecule has 1 N–H and O–H groups in total. The highest BCUT2D eigenvalue weighted by Gasteiger charge is 2.17. The highest BCUT2D eigenvalue weighted by molar-refractivity contribution is 5.94. The number of anilines is 1. The second-order valence-corrected chi connectivity index (χ2v) is 6.22. The van der Waals surface area contributed by atoms with Gasteiger partial charge < -0.3 is 19.5 Å². The Bertz CT molecular complexity index is 1100. The molecule has 1 aromatic heterocycles. The summed E-state index contributed by atoms with van der Waals surface area (Å²) in [5.74, 6) is 0.209. The van der Waals surface area contributed by atoms with Gasteiger partial charge in [-0.2, -0.15) is 4.68 Å². The van der Waals surface area contributed by atoms with Gasteiger partial charge in [0.1, 0.15) is 5.82 Å². The number of hydrogen-bond acceptors (Lipinski definition) is 6. The van der Waals surface area contributed by atoms with Crippen molar-refractivity contribution >= 4 is 11.6 Å². The van der Waals surface area contributed by atoms with Crippen LogP contribution in [0.5, 0.6) is 17.4 Å². The molecule has 1 atom stereocenters. The summed E-state index contributed by atoms with van der Waals surface area (Å²) in [7, 11) is 3.02. The molecule has 1 amide bonds. The third kappa shape index (κ3) is 4.75. The number of carbonyl (C=O) groups is 1. The Balaban J connectivity index is 1.73. The molecule has 0 radical (unpaired) electrons. The first-order valence-electron chi connectivity index (χ1n) is 8.97. The van der Waals surface area contributed by atoms with Crippen LogP contribution >= 0.6 is 0 Å². The lowest BCUT2D eigenvalue weighted by Crippen LogP contribution is -2.31. The van der Waals surface area contributed by atoms with Gasteiger partial charge in [0.15, 0.2) is 17.6 Å². The average Bonchev–Trinajstić information content (AvgIpc) is 2.75. The number of rotatable bonds is 7. The molecule has 3 aromatic rings. The minimum Gasteiger partial charge on any atom is -0.493 e. The van der Waals surface area contributed by atoms with E-state index in [9.17, 15) is 14.0 Å². The number of nitrogens with one attached hydrogen (secondary N) is 1. The van der Waals surface area contributed by atoms with E-state index >= 15 is 0 Å². The van der Waals surface area contributed by atoms with E-state index in [1.54, 1.807) is 25.1 Å². The zero-order valence-corrected chi connectivity index (χ0v) is 16.6. The molecule has 0 fully saturated rings. The van der Waals surface area contributed by atoms with Gasteiger partial charge in [0.2, 0.25) is 5.88 Å². The normalized spacial score (nSPS) is 11.5. The first kappa shape index (κ1) is 20.8. The minimum absolute atomic E-state index is 0.0638. The highest BCUT2D eigenvalue weighted by atomic mass is 19.1. The molecular weight excluding hydrogens is 393 g/mol. The van der Waals surface area contributed by atoms with Crippen LogP contribution in [0.25, 0.3) is 5.69 Å². The summed E-state index contributed by atoms with van der Waals surface area (Å²) in [5.41, 5.74) is 0.447. The van der Waals surface area contributed by atoms with Crippen LogP contribution in [0.4, 0.5) is 10.1 Å². The Kier molecular flexibility index (Phi) is 6.31. The Morgan fingerprint density at radius 1 is 1.03 bits per heavy atom. The van der Waals surface area contributed by atoms with E-state index in [1.807, 2.05) is 0 Å². The van der Waals surface area contributed by atoms with Crippen molar-refractivity contribution in [1.29, 1.82) is 0 Å². The van der Waals surface area contributed by atoms with Crippen LogP contribution in [0.3, 0.4) is 0 Å². The molecule has 0 saturated heterocycles. The highest BCUT2D eigenvalue weighted by Crippen LogP contribution is 2.29. The van der Waals surface area contributed by atoms with Crippen molar-refractivity contribution in [1.82, 2.24) is 9.78 Å². The molecule has 0 saturated carbocycles. The summed E-state index contributed by atoms with van der Waals surface area (Å²) < 4.78 is 30.1. The topological polar surface area (TPSA) is 91.7 Å². The van der Waals surface area contributed by atoms with Crippen LogP contribution in [-0.2, 0) is 4.79 Å². The lowest BCUT2D eigenvalue weighted by molar-refractivity contribution is -0.122. The van der Waals surface area contributed by atoms with Gasteiger partial charge in [0, 0.05) is 23.9 Å². The maximum Gasteiger partial charge on any atom is 0.271 e. The van der Waals surface area contributed by atoms with Gasteiger partial charge in [-0.1, -0.05) is 0 Å². The van der Waals surface area contributed by atoms with Crippen molar-refractivity contribution in [3.8, 4) is 23.1 Å². The standard InChI is InChI=1S/C21H20FN3O5/c1-13(21(27)23-15-6-9-17(28-2)18(12-15)29-3)30-19-10-11-20(26)25(24-19)16-7-4-14(22)5-8-16/h4-13H,1-3H3,(H,23,27). The van der Waals surface area contributed by atoms with Gasteiger partial charge in [-0.3, -0.25) is 9.59 Å². The molecule has 30 heavy (non-hydrogen) atoms. The monoisotopic (exact) mass is 413 g/mol. The van der Waals surface area contributed by atoms with Crippen molar-refractivity contribution in [3.63, 3.8) is 0 Å². The van der Waals surface area contributed by atoms with Crippen molar-refractivity contribution < 1.29 is 23.4 Å². The van der Waals surface area contributed by atoms with E-state index in [-0.39, 0.29) is 5.88 Å². The van der Waals surface area contributed by atoms with Crippen LogP contribution in [0.2, 0.25) is 0 Å². The fraction of sp³-hybridized carbons (Fsp3) is 0.190. The van der Waals surface area contributed by atoms with Gasteiger partial charge in [0.05, 0.1) is 19.9 Å². The van der Waals surface area contributed by atoms with Crippen molar-refractivity contribution in [2.24, 2.45) is 0 Å². The van der Waals surface area contributed by atoms with Gasteiger partial charge in [-0.15, -0.1) is 5.10 Å². The molecule has 3 rings (SSSR count). The molecule has 8 nitrogen and oxygen atoms in total. The molecule has 1 heterocycles. The van der Waals surface area contributed by atoms with E-state index in [4.69, 9.17) is 14.2 Å². The van der Waals surface area contributed by atoms with Crippen LogP contribution in [0, 0.1) is 5.82 Å². The third-order valence-corrected chi connectivity index (χ3v) is 4.16. The molecule has 0 spiro atoms. The van der Waals surface area contributed by atoms with Gasteiger partial charge >= 0.3 is 0 Å². The van der Waals surface area contributed by atoms with Crippen molar-refractivity contribution in [3.05, 3.63) is 70.8 Å². The smallest absolute Gasteiger partial charge is 0.271 e. The zero-order chi connectivity index (χ0) is 21.7. The van der Waals surface area contributed by atoms with E-state index in [2.05, 4.69) is 10.4 Å². The first-order valence-corrected chi connectivity index (χ1v) is 8.97. The SMILES string of the molecule is COc1ccc(NC(=O)C(C)Oc2ccc(=O)n(-c3ccc(F)cc3)n2)cc1OC. The summed E-state index contributed by atoms with van der Waals surface area (Å²) in [6.45, 7) is 1.55. The summed E-state index contributed by atoms with van der Waals surface area (Å²) in [6.07, 6.45) is -0.912. The number of hydrogen-bond donors (Lipinski definition) is 1. The van der Waals surface area contributed by atoms with E-state index in [0.29, 0.717) is 22.9 Å². The second-order valence-electron chi connectivity index (χ2n) is 6.22. The van der Waals surface area contributed by atoms with Gasteiger partial charge in [0.25, 0.3) is 11.5 Å². The van der Waals surface area contributed by atoms with Gasteiger partial charge in [-0.25, -0.2) is 4.39 Å². The summed E-state index contributed by atoms with van der Waals surface area (Å²) in [6, 6.07) is 12.8. The third-order valence-electron chi connectivity index (χ3n) is 4.16. The van der Waals surface area contributed by atoms with Crippen LogP contribution < -0.4 is 25.1 Å². The van der Waals surface area contributed by atoms with Gasteiger partial charge in [-0.05, 0) is 43.3 Å². The molecule has 0 aliphatic carbocycles. The number of nitrogens with zero attached hydrogens (tertiary/aromatic N) is 2. The molecular formula is C21H20FN3O5. The number of benzene rings is 2. The predicted octanol–water partition coefficient (Wildman–Crippen LogP) is 2.79. The van der Waals surface area contributed by atoms with E-state index < -0.39 is 23.4 Å². The second kappa shape index (κ2) is 9.08.